The van der Waals surface area contributed by atoms with E-state index in [4.69, 9.17) is 0 Å². The zero-order valence-electron chi connectivity index (χ0n) is 20.0. The number of nitrogens with one attached hydrogen (secondary N) is 2. The number of benzene rings is 1. The van der Waals surface area contributed by atoms with Crippen LogP contribution in [0.4, 0.5) is 11.4 Å². The lowest BCUT2D eigenvalue weighted by atomic mass is 10.1. The van der Waals surface area contributed by atoms with Crippen molar-refractivity contribution in [3.63, 3.8) is 0 Å². The van der Waals surface area contributed by atoms with E-state index in [2.05, 4.69) is 25.9 Å². The Morgan fingerprint density at radius 3 is 2.32 bits per heavy atom. The lowest BCUT2D eigenvalue weighted by Gasteiger charge is -2.11. The predicted octanol–water partition coefficient (Wildman–Crippen LogP) is 3.31. The van der Waals surface area contributed by atoms with E-state index in [1.807, 2.05) is 56.6 Å². The molecule has 0 atom stereocenters. The van der Waals surface area contributed by atoms with Crippen LogP contribution in [-0.4, -0.2) is 41.2 Å². The van der Waals surface area contributed by atoms with Crippen LogP contribution in [0.2, 0.25) is 0 Å². The van der Waals surface area contributed by atoms with Gasteiger partial charge in [-0.2, -0.15) is 15.3 Å². The maximum absolute atomic E-state index is 13.1. The molecule has 2 N–H and O–H groups in total. The molecule has 0 radical (unpaired) electrons. The Morgan fingerprint density at radius 2 is 1.68 bits per heavy atom. The fourth-order valence-electron chi connectivity index (χ4n) is 3.77. The van der Waals surface area contributed by atoms with Gasteiger partial charge < -0.3 is 10.6 Å². The molecule has 0 bridgehead atoms. The fraction of sp³-hybridized carbons (Fsp3) is 0.292. The molecule has 1 aromatic carbocycles. The van der Waals surface area contributed by atoms with Gasteiger partial charge in [0.05, 0.1) is 41.7 Å². The molecule has 10 nitrogen and oxygen atoms in total. The molecule has 0 fully saturated rings. The minimum absolute atomic E-state index is 0.276. The highest BCUT2D eigenvalue weighted by Crippen LogP contribution is 2.20. The highest BCUT2D eigenvalue weighted by atomic mass is 16.2. The number of amides is 2. The summed E-state index contributed by atoms with van der Waals surface area (Å²) in [5.74, 6) is -0.693. The molecule has 0 saturated carbocycles. The summed E-state index contributed by atoms with van der Waals surface area (Å²) in [5, 5.41) is 18.6. The predicted molar refractivity (Wildman–Crippen MR) is 129 cm³/mol. The van der Waals surface area contributed by atoms with Crippen LogP contribution < -0.4 is 10.6 Å². The molecule has 0 spiro atoms. The Balaban J connectivity index is 1.54. The van der Waals surface area contributed by atoms with E-state index in [0.717, 1.165) is 22.6 Å². The van der Waals surface area contributed by atoms with Crippen molar-refractivity contribution in [2.24, 2.45) is 7.05 Å². The molecule has 0 aliphatic rings. The van der Waals surface area contributed by atoms with Crippen LogP contribution in [0, 0.1) is 20.8 Å². The number of rotatable bonds is 7. The Kier molecular flexibility index (Phi) is 6.31. The molecule has 3 heterocycles. The number of anilines is 2. The summed E-state index contributed by atoms with van der Waals surface area (Å²) in [7, 11) is 1.80. The smallest absolute Gasteiger partial charge is 0.276 e. The lowest BCUT2D eigenvalue weighted by molar-refractivity contribution is 0.101. The Labute approximate surface area is 197 Å². The van der Waals surface area contributed by atoms with E-state index >= 15 is 0 Å². The number of aromatic nitrogens is 6. The fourth-order valence-corrected chi connectivity index (χ4v) is 3.77. The van der Waals surface area contributed by atoms with Crippen LogP contribution >= 0.6 is 0 Å². The van der Waals surface area contributed by atoms with Crippen molar-refractivity contribution in [1.29, 1.82) is 0 Å². The molecule has 0 unspecified atom stereocenters. The third kappa shape index (κ3) is 4.61. The second-order valence-electron chi connectivity index (χ2n) is 8.18. The maximum Gasteiger partial charge on any atom is 0.276 e. The van der Waals surface area contributed by atoms with Crippen molar-refractivity contribution in [2.45, 2.75) is 40.8 Å². The van der Waals surface area contributed by atoms with E-state index in [1.165, 1.54) is 6.20 Å². The summed E-state index contributed by atoms with van der Waals surface area (Å²) in [4.78, 5) is 26.1. The number of aryl methyl sites for hydroxylation is 4. The van der Waals surface area contributed by atoms with E-state index in [1.54, 1.807) is 28.7 Å². The standard InChI is InChI=1S/C24H28N8O2/c1-6-31-22(24(34)27-20-12-25-30(5)17(20)4)21(13-26-31)28-23(33)19-9-7-8-18(11-19)14-32-16(3)10-15(2)29-32/h7-13H,6,14H2,1-5H3,(H,27,34)(H,28,33). The van der Waals surface area contributed by atoms with Gasteiger partial charge in [0, 0.05) is 24.8 Å². The molecule has 4 rings (SSSR count). The van der Waals surface area contributed by atoms with Gasteiger partial charge in [-0.3, -0.25) is 23.6 Å². The second-order valence-corrected chi connectivity index (χ2v) is 8.18. The minimum Gasteiger partial charge on any atom is -0.319 e. The van der Waals surface area contributed by atoms with Gasteiger partial charge in [0.15, 0.2) is 0 Å². The van der Waals surface area contributed by atoms with Gasteiger partial charge in [-0.05, 0) is 51.5 Å². The summed E-state index contributed by atoms with van der Waals surface area (Å²) in [6.07, 6.45) is 3.08. The van der Waals surface area contributed by atoms with Gasteiger partial charge in [-0.1, -0.05) is 12.1 Å². The summed E-state index contributed by atoms with van der Waals surface area (Å²) in [5.41, 5.74) is 5.48. The number of hydrogen-bond donors (Lipinski definition) is 2. The Morgan fingerprint density at radius 1 is 0.941 bits per heavy atom. The van der Waals surface area contributed by atoms with Crippen molar-refractivity contribution in [3.8, 4) is 0 Å². The normalized spacial score (nSPS) is 11.0. The summed E-state index contributed by atoms with van der Waals surface area (Å²) >= 11 is 0. The number of nitrogens with zero attached hydrogens (tertiary/aromatic N) is 6. The lowest BCUT2D eigenvalue weighted by Crippen LogP contribution is -2.21. The van der Waals surface area contributed by atoms with E-state index in [-0.39, 0.29) is 17.5 Å². The molecule has 0 saturated heterocycles. The number of carbonyl (C=O) groups is 2. The van der Waals surface area contributed by atoms with Crippen molar-refractivity contribution < 1.29 is 9.59 Å². The molecular formula is C24H28N8O2. The van der Waals surface area contributed by atoms with Crippen LogP contribution in [0.1, 0.15) is 50.4 Å². The van der Waals surface area contributed by atoms with Gasteiger partial charge in [0.1, 0.15) is 5.69 Å². The highest BCUT2D eigenvalue weighted by molar-refractivity contribution is 6.11. The van der Waals surface area contributed by atoms with Gasteiger partial charge in [-0.15, -0.1) is 0 Å². The van der Waals surface area contributed by atoms with Crippen LogP contribution in [0.25, 0.3) is 0 Å². The quantitative estimate of drug-likeness (QED) is 0.439. The first kappa shape index (κ1) is 23.0. The van der Waals surface area contributed by atoms with Gasteiger partial charge in [0.2, 0.25) is 0 Å². The summed E-state index contributed by atoms with van der Waals surface area (Å²) in [6, 6.07) is 9.38. The first-order valence-corrected chi connectivity index (χ1v) is 11.0. The minimum atomic E-state index is -0.371. The largest absolute Gasteiger partial charge is 0.319 e. The monoisotopic (exact) mass is 460 g/mol. The van der Waals surface area contributed by atoms with Crippen LogP contribution in [-0.2, 0) is 20.1 Å². The van der Waals surface area contributed by atoms with Crippen molar-refractivity contribution in [3.05, 3.63) is 76.6 Å². The summed E-state index contributed by atoms with van der Waals surface area (Å²) < 4.78 is 5.13. The molecule has 34 heavy (non-hydrogen) atoms. The van der Waals surface area contributed by atoms with Gasteiger partial charge in [0.25, 0.3) is 11.8 Å². The second kappa shape index (κ2) is 9.34. The zero-order valence-corrected chi connectivity index (χ0v) is 20.0. The average molecular weight is 461 g/mol. The zero-order chi connectivity index (χ0) is 24.4. The molecule has 10 heteroatoms. The van der Waals surface area contributed by atoms with Crippen molar-refractivity contribution >= 4 is 23.2 Å². The highest BCUT2D eigenvalue weighted by Gasteiger charge is 2.21. The van der Waals surface area contributed by atoms with Crippen LogP contribution in [0.15, 0.2) is 42.7 Å². The Bertz CT molecular complexity index is 1360. The van der Waals surface area contributed by atoms with Gasteiger partial charge in [-0.25, -0.2) is 0 Å². The number of hydrogen-bond acceptors (Lipinski definition) is 5. The third-order valence-corrected chi connectivity index (χ3v) is 5.71. The number of carbonyl (C=O) groups excluding carboxylic acids is 2. The van der Waals surface area contributed by atoms with E-state index < -0.39 is 0 Å². The molecule has 4 aromatic rings. The van der Waals surface area contributed by atoms with E-state index in [9.17, 15) is 9.59 Å². The molecule has 0 aliphatic carbocycles. The molecule has 0 aliphatic heterocycles. The van der Waals surface area contributed by atoms with E-state index in [0.29, 0.717) is 30.0 Å². The first-order chi connectivity index (χ1) is 16.3. The van der Waals surface area contributed by atoms with Crippen molar-refractivity contribution in [2.75, 3.05) is 10.6 Å². The molecule has 2 amide bonds. The van der Waals surface area contributed by atoms with Crippen LogP contribution in [0.3, 0.4) is 0 Å². The molecule has 3 aromatic heterocycles. The SMILES string of the molecule is CCn1ncc(NC(=O)c2cccc(Cn3nc(C)cc3C)c2)c1C(=O)Nc1cnn(C)c1C. The third-order valence-electron chi connectivity index (χ3n) is 5.71. The molecule has 176 valence electrons. The first-order valence-electron chi connectivity index (χ1n) is 11.0. The van der Waals surface area contributed by atoms with Crippen molar-refractivity contribution in [1.82, 2.24) is 29.3 Å². The van der Waals surface area contributed by atoms with Crippen LogP contribution in [0.5, 0.6) is 0 Å². The van der Waals surface area contributed by atoms with Gasteiger partial charge >= 0.3 is 0 Å². The summed E-state index contributed by atoms with van der Waals surface area (Å²) in [6.45, 7) is 8.73. The Hall–Kier alpha value is -4.21. The maximum atomic E-state index is 13.1. The average Bonchev–Trinajstić information content (AvgIpc) is 3.46. The molecular weight excluding hydrogens is 432 g/mol. The topological polar surface area (TPSA) is 112 Å².